The first kappa shape index (κ1) is 24.6. The molecule has 3 aromatic carbocycles. The highest BCUT2D eigenvalue weighted by atomic mass is 35.5. The molecule has 0 spiro atoms. The van der Waals surface area contributed by atoms with Crippen LogP contribution in [-0.4, -0.2) is 10.9 Å². The Morgan fingerprint density at radius 2 is 1.78 bits per heavy atom. The van der Waals surface area contributed by atoms with Crippen molar-refractivity contribution >= 4 is 40.4 Å². The molecular weight excluding hydrogens is 484 g/mol. The van der Waals surface area contributed by atoms with Crippen LogP contribution in [0.1, 0.15) is 43.1 Å². The molecule has 6 heteroatoms. The van der Waals surface area contributed by atoms with Crippen molar-refractivity contribution in [2.24, 2.45) is 0 Å². The number of carbonyl (C=O) groups excluding carboxylic acids is 1. The van der Waals surface area contributed by atoms with Gasteiger partial charge in [0, 0.05) is 27.9 Å². The van der Waals surface area contributed by atoms with Gasteiger partial charge in [-0.25, -0.2) is 4.98 Å². The second-order valence-corrected chi connectivity index (χ2v) is 9.53. The van der Waals surface area contributed by atoms with E-state index in [-0.39, 0.29) is 5.91 Å². The van der Waals surface area contributed by atoms with Crippen LogP contribution in [0.15, 0.2) is 87.7 Å². The first-order valence-corrected chi connectivity index (χ1v) is 12.6. The molecule has 1 N–H and O–H groups in total. The van der Waals surface area contributed by atoms with Gasteiger partial charge in [-0.2, -0.15) is 0 Å². The summed E-state index contributed by atoms with van der Waals surface area (Å²) < 4.78 is 11.8. The SMILES string of the molecule is CC[C@H](C)c1ccc2oc(-c3ccc(NC(=O)/C=C/c4ccc(-c5ccc(C)c(Cl)c5)o4)cc3)nc2c1. The average Bonchev–Trinajstić information content (AvgIpc) is 3.56. The summed E-state index contributed by atoms with van der Waals surface area (Å²) >= 11 is 6.22. The zero-order chi connectivity index (χ0) is 25.9. The van der Waals surface area contributed by atoms with E-state index >= 15 is 0 Å². The lowest BCUT2D eigenvalue weighted by atomic mass is 9.98. The number of amides is 1. The number of nitrogens with zero attached hydrogens (tertiary/aromatic N) is 1. The molecule has 5 aromatic rings. The van der Waals surface area contributed by atoms with Crippen molar-refractivity contribution in [2.75, 3.05) is 5.32 Å². The summed E-state index contributed by atoms with van der Waals surface area (Å²) in [6, 6.07) is 23.0. The van der Waals surface area contributed by atoms with Crippen LogP contribution in [0, 0.1) is 6.92 Å². The fourth-order valence-electron chi connectivity index (χ4n) is 3.99. The minimum absolute atomic E-state index is 0.261. The van der Waals surface area contributed by atoms with E-state index in [9.17, 15) is 4.79 Å². The Morgan fingerprint density at radius 1 is 1.00 bits per heavy atom. The monoisotopic (exact) mass is 510 g/mol. The summed E-state index contributed by atoms with van der Waals surface area (Å²) in [6.07, 6.45) is 4.15. The molecule has 2 heterocycles. The van der Waals surface area contributed by atoms with Crippen LogP contribution in [0.5, 0.6) is 0 Å². The minimum atomic E-state index is -0.261. The molecule has 37 heavy (non-hydrogen) atoms. The van der Waals surface area contributed by atoms with E-state index in [2.05, 4.69) is 36.3 Å². The predicted octanol–water partition coefficient (Wildman–Crippen LogP) is 8.88. The smallest absolute Gasteiger partial charge is 0.248 e. The second-order valence-electron chi connectivity index (χ2n) is 9.12. The van der Waals surface area contributed by atoms with Gasteiger partial charge in [0.05, 0.1) is 0 Å². The Hall–Kier alpha value is -4.09. The molecule has 0 aliphatic carbocycles. The lowest BCUT2D eigenvalue weighted by Crippen LogP contribution is -2.07. The third kappa shape index (κ3) is 5.52. The van der Waals surface area contributed by atoms with Crippen LogP contribution in [0.4, 0.5) is 5.69 Å². The molecule has 0 aliphatic rings. The molecule has 0 saturated heterocycles. The van der Waals surface area contributed by atoms with Crippen LogP contribution in [0.2, 0.25) is 5.02 Å². The van der Waals surface area contributed by atoms with Gasteiger partial charge in [-0.15, -0.1) is 0 Å². The van der Waals surface area contributed by atoms with Gasteiger partial charge in [-0.1, -0.05) is 43.6 Å². The van der Waals surface area contributed by atoms with Gasteiger partial charge < -0.3 is 14.2 Å². The number of aryl methyl sites for hydroxylation is 1. The summed E-state index contributed by atoms with van der Waals surface area (Å²) in [5.41, 5.74) is 6.27. The van der Waals surface area contributed by atoms with Gasteiger partial charge in [0.2, 0.25) is 11.8 Å². The molecule has 2 aromatic heterocycles. The topological polar surface area (TPSA) is 68.3 Å². The van der Waals surface area contributed by atoms with Crippen LogP contribution < -0.4 is 5.32 Å². The number of anilines is 1. The largest absolute Gasteiger partial charge is 0.457 e. The fourth-order valence-corrected chi connectivity index (χ4v) is 4.17. The number of nitrogens with one attached hydrogen (secondary N) is 1. The molecule has 0 aliphatic heterocycles. The van der Waals surface area contributed by atoms with Crippen molar-refractivity contribution in [3.63, 3.8) is 0 Å². The summed E-state index contributed by atoms with van der Waals surface area (Å²) in [6.45, 7) is 6.33. The molecule has 0 unspecified atom stereocenters. The predicted molar refractivity (Wildman–Crippen MR) is 150 cm³/mol. The van der Waals surface area contributed by atoms with Crippen LogP contribution >= 0.6 is 11.6 Å². The first-order chi connectivity index (χ1) is 17.9. The van der Waals surface area contributed by atoms with Crippen molar-refractivity contribution in [1.29, 1.82) is 0 Å². The number of fused-ring (bicyclic) bond motifs is 1. The van der Waals surface area contributed by atoms with Gasteiger partial charge in [-0.05, 0) is 91.1 Å². The zero-order valence-corrected chi connectivity index (χ0v) is 21.7. The highest BCUT2D eigenvalue weighted by Gasteiger charge is 2.11. The number of furan rings is 1. The van der Waals surface area contributed by atoms with E-state index in [1.807, 2.05) is 67.6 Å². The van der Waals surface area contributed by atoms with Crippen molar-refractivity contribution in [3.8, 4) is 22.8 Å². The van der Waals surface area contributed by atoms with E-state index in [0.717, 1.165) is 34.2 Å². The Balaban J connectivity index is 1.23. The highest BCUT2D eigenvalue weighted by molar-refractivity contribution is 6.31. The van der Waals surface area contributed by atoms with E-state index in [4.69, 9.17) is 20.4 Å². The molecule has 0 bridgehead atoms. The lowest BCUT2D eigenvalue weighted by Gasteiger charge is -2.07. The Bertz CT molecular complexity index is 1590. The summed E-state index contributed by atoms with van der Waals surface area (Å²) in [7, 11) is 0. The number of carbonyl (C=O) groups is 1. The number of benzene rings is 3. The molecule has 0 fully saturated rings. The minimum Gasteiger partial charge on any atom is -0.457 e. The molecule has 0 radical (unpaired) electrons. The van der Waals surface area contributed by atoms with Crippen molar-refractivity contribution in [2.45, 2.75) is 33.1 Å². The summed E-state index contributed by atoms with van der Waals surface area (Å²) in [4.78, 5) is 17.1. The van der Waals surface area contributed by atoms with Crippen molar-refractivity contribution in [3.05, 3.63) is 101 Å². The van der Waals surface area contributed by atoms with Gasteiger partial charge >= 0.3 is 0 Å². The zero-order valence-electron chi connectivity index (χ0n) is 20.9. The maximum atomic E-state index is 12.4. The van der Waals surface area contributed by atoms with Gasteiger partial charge in [-0.3, -0.25) is 4.79 Å². The van der Waals surface area contributed by atoms with Crippen LogP contribution in [-0.2, 0) is 4.79 Å². The van der Waals surface area contributed by atoms with Crippen molar-refractivity contribution in [1.82, 2.24) is 4.98 Å². The number of hydrogen-bond donors (Lipinski definition) is 1. The average molecular weight is 511 g/mol. The van der Waals surface area contributed by atoms with E-state index in [0.29, 0.717) is 34.0 Å². The van der Waals surface area contributed by atoms with Crippen LogP contribution in [0.25, 0.3) is 40.0 Å². The van der Waals surface area contributed by atoms with Gasteiger partial charge in [0.15, 0.2) is 5.58 Å². The normalized spacial score (nSPS) is 12.3. The van der Waals surface area contributed by atoms with Crippen LogP contribution in [0.3, 0.4) is 0 Å². The Morgan fingerprint density at radius 3 is 2.54 bits per heavy atom. The summed E-state index contributed by atoms with van der Waals surface area (Å²) in [5, 5.41) is 3.54. The molecule has 1 amide bonds. The number of aromatic nitrogens is 1. The molecular formula is C31H27ClN2O3. The highest BCUT2D eigenvalue weighted by Crippen LogP contribution is 2.29. The number of halogens is 1. The third-order valence-electron chi connectivity index (χ3n) is 6.47. The number of oxazole rings is 1. The maximum Gasteiger partial charge on any atom is 0.248 e. The Labute approximate surface area is 220 Å². The van der Waals surface area contributed by atoms with Gasteiger partial charge in [0.25, 0.3) is 0 Å². The van der Waals surface area contributed by atoms with Crippen molar-refractivity contribution < 1.29 is 13.6 Å². The molecule has 5 nitrogen and oxygen atoms in total. The second kappa shape index (κ2) is 10.5. The molecule has 5 rings (SSSR count). The number of hydrogen-bond acceptors (Lipinski definition) is 4. The molecule has 0 saturated carbocycles. The van der Waals surface area contributed by atoms with E-state index in [1.165, 1.54) is 11.6 Å². The molecule has 1 atom stereocenters. The lowest BCUT2D eigenvalue weighted by molar-refractivity contribution is -0.111. The first-order valence-electron chi connectivity index (χ1n) is 12.3. The van der Waals surface area contributed by atoms with E-state index < -0.39 is 0 Å². The maximum absolute atomic E-state index is 12.4. The van der Waals surface area contributed by atoms with E-state index in [1.54, 1.807) is 6.08 Å². The fraction of sp³-hybridized carbons (Fsp3) is 0.161. The Kier molecular flexibility index (Phi) is 6.97. The quantitative estimate of drug-likeness (QED) is 0.222. The van der Waals surface area contributed by atoms with Gasteiger partial charge in [0.1, 0.15) is 17.0 Å². The number of rotatable bonds is 7. The summed E-state index contributed by atoms with van der Waals surface area (Å²) in [5.74, 6) is 2.03. The standard InChI is InChI=1S/C31H27ClN2O3/c1-4-19(2)22-9-14-29-27(18-22)34-31(37-29)21-7-10-24(11-8-21)33-30(35)16-13-25-12-15-28(36-25)23-6-5-20(3)26(32)17-23/h5-19H,4H2,1-3H3,(H,33,35)/b16-13+/t19-/m0/s1. The third-order valence-corrected chi connectivity index (χ3v) is 6.88. The molecule has 186 valence electrons.